The van der Waals surface area contributed by atoms with Crippen LogP contribution in [0.15, 0.2) is 17.5 Å². The molecule has 2 aromatic heterocycles. The molecule has 0 radical (unpaired) electrons. The lowest BCUT2D eigenvalue weighted by Gasteiger charge is -2.17. The molecule has 134 valence electrons. The minimum absolute atomic E-state index is 0.315. The first-order valence-electron chi connectivity index (χ1n) is 8.18. The van der Waals surface area contributed by atoms with Crippen LogP contribution in [0, 0.1) is 6.92 Å². The van der Waals surface area contributed by atoms with Crippen molar-refractivity contribution >= 4 is 28.3 Å². The van der Waals surface area contributed by atoms with Crippen molar-refractivity contribution < 1.29 is 9.90 Å². The van der Waals surface area contributed by atoms with Gasteiger partial charge in [0.25, 0.3) is 0 Å². The number of aliphatic hydroxyl groups is 1. The topological polar surface area (TPSA) is 103 Å². The molecule has 8 nitrogen and oxygen atoms in total. The summed E-state index contributed by atoms with van der Waals surface area (Å²) < 4.78 is 0. The second-order valence-electron chi connectivity index (χ2n) is 6.44. The fraction of sp³-hybridized carbons (Fsp3) is 0.500. The highest BCUT2D eigenvalue weighted by Crippen LogP contribution is 2.22. The van der Waals surface area contributed by atoms with Crippen LogP contribution in [-0.4, -0.2) is 51.6 Å². The van der Waals surface area contributed by atoms with Crippen LogP contribution in [-0.2, 0) is 0 Å². The smallest absolute Gasteiger partial charge is 0.321 e. The van der Waals surface area contributed by atoms with E-state index in [0.717, 1.165) is 11.4 Å². The second-order valence-corrected chi connectivity index (χ2v) is 7.30. The van der Waals surface area contributed by atoms with Gasteiger partial charge in [-0.15, -0.1) is 16.4 Å². The van der Waals surface area contributed by atoms with Crippen LogP contribution in [0.2, 0.25) is 0 Å². The van der Waals surface area contributed by atoms with Gasteiger partial charge in [0.15, 0.2) is 10.9 Å². The third-order valence-electron chi connectivity index (χ3n) is 4.05. The first kappa shape index (κ1) is 17.6. The number of aryl methyl sites for hydroxylation is 1. The van der Waals surface area contributed by atoms with Crippen LogP contribution in [0.5, 0.6) is 0 Å². The molecule has 1 aliphatic rings. The summed E-state index contributed by atoms with van der Waals surface area (Å²) in [5.74, 6) is 1.01. The van der Waals surface area contributed by atoms with Crippen molar-refractivity contribution in [3.05, 3.63) is 28.9 Å². The van der Waals surface area contributed by atoms with Gasteiger partial charge in [-0.3, -0.25) is 5.32 Å². The molecule has 25 heavy (non-hydrogen) atoms. The molecule has 1 fully saturated rings. The van der Waals surface area contributed by atoms with E-state index in [0.29, 0.717) is 30.0 Å². The van der Waals surface area contributed by atoms with Gasteiger partial charge < -0.3 is 15.3 Å². The van der Waals surface area contributed by atoms with Crippen molar-refractivity contribution in [1.29, 1.82) is 0 Å². The summed E-state index contributed by atoms with van der Waals surface area (Å²) in [6.07, 6.45) is -0.670. The first-order chi connectivity index (χ1) is 11.9. The van der Waals surface area contributed by atoms with Crippen LogP contribution in [0.1, 0.15) is 31.2 Å². The van der Waals surface area contributed by atoms with Crippen molar-refractivity contribution in [3.63, 3.8) is 0 Å². The third-order valence-corrected chi connectivity index (χ3v) is 4.82. The van der Waals surface area contributed by atoms with Crippen molar-refractivity contribution in [2.45, 2.75) is 38.8 Å². The molecule has 2 aromatic rings. The minimum atomic E-state index is -0.670. The highest BCUT2D eigenvalue weighted by Gasteiger charge is 2.33. The SMILES string of the molecule is Cc1ccc(N2C[C@@H](O)[C@@H](NC(=O)Nc3nc(C(C)C)cs3)C2)nn1. The average molecular weight is 362 g/mol. The number of hydrogen-bond acceptors (Lipinski definition) is 7. The van der Waals surface area contributed by atoms with E-state index in [2.05, 4.69) is 39.7 Å². The Morgan fingerprint density at radius 3 is 2.80 bits per heavy atom. The Morgan fingerprint density at radius 1 is 1.36 bits per heavy atom. The quantitative estimate of drug-likeness (QED) is 0.765. The number of aromatic nitrogens is 3. The Hall–Kier alpha value is -2.26. The predicted octanol–water partition coefficient (Wildman–Crippen LogP) is 1.74. The van der Waals surface area contributed by atoms with E-state index in [1.807, 2.05) is 29.3 Å². The monoisotopic (exact) mass is 362 g/mol. The van der Waals surface area contributed by atoms with E-state index < -0.39 is 6.10 Å². The Balaban J connectivity index is 1.56. The van der Waals surface area contributed by atoms with Gasteiger partial charge in [0.05, 0.1) is 23.5 Å². The minimum Gasteiger partial charge on any atom is -0.389 e. The Kier molecular flexibility index (Phi) is 5.14. The van der Waals surface area contributed by atoms with Crippen molar-refractivity contribution in [2.75, 3.05) is 23.3 Å². The lowest BCUT2D eigenvalue weighted by molar-refractivity contribution is 0.165. The molecule has 1 aliphatic heterocycles. The van der Waals surface area contributed by atoms with Gasteiger partial charge in [-0.05, 0) is 25.0 Å². The summed E-state index contributed by atoms with van der Waals surface area (Å²) in [6.45, 7) is 6.85. The first-order valence-corrected chi connectivity index (χ1v) is 9.06. The number of amides is 2. The summed E-state index contributed by atoms with van der Waals surface area (Å²) >= 11 is 1.39. The number of nitrogens with zero attached hydrogens (tertiary/aromatic N) is 4. The summed E-state index contributed by atoms with van der Waals surface area (Å²) in [6, 6.07) is 2.98. The summed E-state index contributed by atoms with van der Waals surface area (Å²) in [5, 5.41) is 26.4. The zero-order valence-electron chi connectivity index (χ0n) is 14.4. The van der Waals surface area contributed by atoms with Crippen molar-refractivity contribution in [1.82, 2.24) is 20.5 Å². The molecular weight excluding hydrogens is 340 g/mol. The van der Waals surface area contributed by atoms with Crippen LogP contribution in [0.25, 0.3) is 0 Å². The molecule has 0 spiro atoms. The van der Waals surface area contributed by atoms with Gasteiger partial charge in [-0.1, -0.05) is 13.8 Å². The molecule has 9 heteroatoms. The third kappa shape index (κ3) is 4.23. The fourth-order valence-corrected chi connectivity index (χ4v) is 3.45. The standard InChI is InChI=1S/C16H22N6O2S/c1-9(2)12-8-25-16(18-12)19-15(24)17-11-6-22(7-13(11)23)14-5-4-10(3)20-21-14/h4-5,8-9,11,13,23H,6-7H2,1-3H3,(H2,17,18,19,24)/t11-,13+/m0/s1. The van der Waals surface area contributed by atoms with Gasteiger partial charge in [-0.25, -0.2) is 9.78 Å². The summed E-state index contributed by atoms with van der Waals surface area (Å²) in [4.78, 5) is 18.4. The number of hydrogen-bond donors (Lipinski definition) is 3. The number of thiazole rings is 1. The number of carbonyl (C=O) groups is 1. The predicted molar refractivity (Wildman–Crippen MR) is 97.1 cm³/mol. The maximum absolute atomic E-state index is 12.2. The zero-order valence-corrected chi connectivity index (χ0v) is 15.2. The van der Waals surface area contributed by atoms with E-state index in [9.17, 15) is 9.90 Å². The number of rotatable bonds is 4. The normalized spacial score (nSPS) is 20.1. The van der Waals surface area contributed by atoms with Crippen LogP contribution in [0.3, 0.4) is 0 Å². The molecular formula is C16H22N6O2S. The number of nitrogens with one attached hydrogen (secondary N) is 2. The maximum atomic E-state index is 12.2. The second kappa shape index (κ2) is 7.32. The number of anilines is 2. The van der Waals surface area contributed by atoms with Crippen molar-refractivity contribution in [2.24, 2.45) is 0 Å². The Bertz CT molecular complexity index is 732. The molecule has 3 N–H and O–H groups in total. The number of urea groups is 1. The maximum Gasteiger partial charge on any atom is 0.321 e. The van der Waals surface area contributed by atoms with E-state index in [1.54, 1.807) is 0 Å². The fourth-order valence-electron chi connectivity index (χ4n) is 2.59. The van der Waals surface area contributed by atoms with E-state index in [-0.39, 0.29) is 12.1 Å². The lowest BCUT2D eigenvalue weighted by atomic mass is 10.2. The van der Waals surface area contributed by atoms with Gasteiger partial charge in [0.2, 0.25) is 0 Å². The number of carbonyl (C=O) groups excluding carboxylic acids is 1. The van der Waals surface area contributed by atoms with E-state index in [4.69, 9.17) is 0 Å². The molecule has 0 bridgehead atoms. The Morgan fingerprint density at radius 2 is 2.16 bits per heavy atom. The molecule has 3 heterocycles. The highest BCUT2D eigenvalue weighted by atomic mass is 32.1. The summed E-state index contributed by atoms with van der Waals surface area (Å²) in [5.41, 5.74) is 1.78. The van der Waals surface area contributed by atoms with Gasteiger partial charge in [-0.2, -0.15) is 5.10 Å². The summed E-state index contributed by atoms with van der Waals surface area (Å²) in [7, 11) is 0. The molecule has 2 atom stereocenters. The molecule has 2 amide bonds. The number of β-amino-alcohol motifs (C(OH)–C–C–N with tert-alkyl or cyclic N) is 1. The van der Waals surface area contributed by atoms with Gasteiger partial charge in [0.1, 0.15) is 0 Å². The highest BCUT2D eigenvalue weighted by molar-refractivity contribution is 7.13. The zero-order chi connectivity index (χ0) is 18.0. The van der Waals surface area contributed by atoms with E-state index >= 15 is 0 Å². The van der Waals surface area contributed by atoms with Gasteiger partial charge in [0, 0.05) is 18.5 Å². The molecule has 1 saturated heterocycles. The van der Waals surface area contributed by atoms with Crippen LogP contribution in [0.4, 0.5) is 15.7 Å². The average Bonchev–Trinajstić information content (AvgIpc) is 3.16. The number of aliphatic hydroxyl groups excluding tert-OH is 1. The van der Waals surface area contributed by atoms with Crippen LogP contribution >= 0.6 is 11.3 Å². The molecule has 0 aromatic carbocycles. The molecule has 0 saturated carbocycles. The molecule has 0 unspecified atom stereocenters. The van der Waals surface area contributed by atoms with Gasteiger partial charge >= 0.3 is 6.03 Å². The Labute approximate surface area is 150 Å². The largest absolute Gasteiger partial charge is 0.389 e. The van der Waals surface area contributed by atoms with E-state index in [1.165, 1.54) is 11.3 Å². The molecule has 3 rings (SSSR count). The molecule has 0 aliphatic carbocycles. The van der Waals surface area contributed by atoms with Crippen LogP contribution < -0.4 is 15.5 Å². The lowest BCUT2D eigenvalue weighted by Crippen LogP contribution is -2.44. The van der Waals surface area contributed by atoms with Crippen molar-refractivity contribution in [3.8, 4) is 0 Å².